The van der Waals surface area contributed by atoms with Crippen molar-refractivity contribution in [3.8, 4) is 0 Å². The molecule has 0 saturated heterocycles. The third kappa shape index (κ3) is 4.19. The van der Waals surface area contributed by atoms with Gasteiger partial charge in [0.2, 0.25) is 5.91 Å². The normalized spacial score (nSPS) is 11.3. The van der Waals surface area contributed by atoms with Crippen LogP contribution in [0.2, 0.25) is 0 Å². The molecule has 3 nitrogen and oxygen atoms in total. The van der Waals surface area contributed by atoms with Crippen LogP contribution in [0.1, 0.15) is 31.4 Å². The molecule has 3 heteroatoms. The first-order chi connectivity index (χ1) is 7.95. The molecule has 1 aromatic carbocycles. The highest BCUT2D eigenvalue weighted by molar-refractivity contribution is 5.76. The molecule has 1 aromatic rings. The fourth-order valence-electron chi connectivity index (χ4n) is 1.71. The summed E-state index contributed by atoms with van der Waals surface area (Å²) in [7, 11) is 0. The summed E-state index contributed by atoms with van der Waals surface area (Å²) in [4.78, 5) is 11.4. The molecule has 0 aliphatic heterocycles. The highest BCUT2D eigenvalue weighted by Crippen LogP contribution is 2.22. The molecule has 1 rings (SSSR count). The number of aryl methyl sites for hydroxylation is 1. The van der Waals surface area contributed by atoms with E-state index in [2.05, 4.69) is 44.3 Å². The van der Waals surface area contributed by atoms with Crippen molar-refractivity contribution in [1.82, 2.24) is 5.32 Å². The van der Waals surface area contributed by atoms with Crippen molar-refractivity contribution in [2.24, 2.45) is 5.73 Å². The lowest BCUT2D eigenvalue weighted by atomic mass is 9.84. The van der Waals surface area contributed by atoms with Crippen molar-refractivity contribution in [3.63, 3.8) is 0 Å². The van der Waals surface area contributed by atoms with E-state index in [1.54, 1.807) is 0 Å². The minimum atomic E-state index is -0.0592. The molecule has 0 saturated carbocycles. The van der Waals surface area contributed by atoms with Crippen LogP contribution in [0.5, 0.6) is 0 Å². The Morgan fingerprint density at radius 2 is 2.12 bits per heavy atom. The summed E-state index contributed by atoms with van der Waals surface area (Å²) in [5.74, 6) is 0.0215. The summed E-state index contributed by atoms with van der Waals surface area (Å²) in [5, 5.41) is 2.92. The van der Waals surface area contributed by atoms with E-state index >= 15 is 0 Å². The lowest BCUT2D eigenvalue weighted by Gasteiger charge is -2.26. The van der Waals surface area contributed by atoms with Crippen LogP contribution in [-0.2, 0) is 10.2 Å². The fourth-order valence-corrected chi connectivity index (χ4v) is 1.71. The Morgan fingerprint density at radius 3 is 2.71 bits per heavy atom. The predicted octanol–water partition coefficient (Wildman–Crippen LogP) is 1.74. The first-order valence-corrected chi connectivity index (χ1v) is 5.99. The van der Waals surface area contributed by atoms with Gasteiger partial charge in [-0.15, -0.1) is 0 Å². The number of amides is 1. The first kappa shape index (κ1) is 13.7. The second-order valence-electron chi connectivity index (χ2n) is 5.07. The predicted molar refractivity (Wildman–Crippen MR) is 70.9 cm³/mol. The lowest BCUT2D eigenvalue weighted by Crippen LogP contribution is -2.37. The molecule has 17 heavy (non-hydrogen) atoms. The molecule has 0 heterocycles. The summed E-state index contributed by atoms with van der Waals surface area (Å²) in [5.41, 5.74) is 7.76. The van der Waals surface area contributed by atoms with Gasteiger partial charge in [0.15, 0.2) is 0 Å². The zero-order valence-corrected chi connectivity index (χ0v) is 10.9. The van der Waals surface area contributed by atoms with Gasteiger partial charge in [0.1, 0.15) is 0 Å². The molecule has 0 aliphatic rings. The van der Waals surface area contributed by atoms with E-state index < -0.39 is 0 Å². The Bertz CT molecular complexity index is 386. The standard InChI is InChI=1S/C14H22N2O/c1-11-5-4-6-12(9-11)14(2,3)10-16-13(17)7-8-15/h4-6,9H,7-8,10,15H2,1-3H3,(H,16,17). The van der Waals surface area contributed by atoms with E-state index in [1.807, 2.05) is 6.07 Å². The van der Waals surface area contributed by atoms with Gasteiger partial charge in [0.25, 0.3) is 0 Å². The zero-order chi connectivity index (χ0) is 12.9. The van der Waals surface area contributed by atoms with Gasteiger partial charge in [-0.05, 0) is 12.5 Å². The van der Waals surface area contributed by atoms with E-state index in [0.717, 1.165) is 0 Å². The molecule has 0 aliphatic carbocycles. The van der Waals surface area contributed by atoms with Crippen molar-refractivity contribution in [2.45, 2.75) is 32.6 Å². The van der Waals surface area contributed by atoms with Crippen molar-refractivity contribution in [1.29, 1.82) is 0 Å². The van der Waals surface area contributed by atoms with Crippen LogP contribution in [-0.4, -0.2) is 19.0 Å². The van der Waals surface area contributed by atoms with Gasteiger partial charge in [-0.3, -0.25) is 4.79 Å². The van der Waals surface area contributed by atoms with Gasteiger partial charge in [-0.25, -0.2) is 0 Å². The largest absolute Gasteiger partial charge is 0.355 e. The Morgan fingerprint density at radius 1 is 1.41 bits per heavy atom. The third-order valence-corrected chi connectivity index (χ3v) is 2.90. The number of hydrogen-bond acceptors (Lipinski definition) is 2. The van der Waals surface area contributed by atoms with Gasteiger partial charge < -0.3 is 11.1 Å². The van der Waals surface area contributed by atoms with Gasteiger partial charge in [0, 0.05) is 24.9 Å². The minimum absolute atomic E-state index is 0.0215. The Kier molecular flexibility index (Phi) is 4.70. The van der Waals surface area contributed by atoms with Crippen LogP contribution in [0, 0.1) is 6.92 Å². The third-order valence-electron chi connectivity index (χ3n) is 2.90. The maximum Gasteiger partial charge on any atom is 0.221 e. The second kappa shape index (κ2) is 5.82. The summed E-state index contributed by atoms with van der Waals surface area (Å²) >= 11 is 0. The van der Waals surface area contributed by atoms with Gasteiger partial charge in [-0.1, -0.05) is 43.7 Å². The van der Waals surface area contributed by atoms with Crippen LogP contribution >= 0.6 is 0 Å². The molecule has 0 spiro atoms. The van der Waals surface area contributed by atoms with Crippen LogP contribution in [0.15, 0.2) is 24.3 Å². The first-order valence-electron chi connectivity index (χ1n) is 5.99. The van der Waals surface area contributed by atoms with Gasteiger partial charge in [-0.2, -0.15) is 0 Å². The Balaban J connectivity index is 2.65. The summed E-state index contributed by atoms with van der Waals surface area (Å²) < 4.78 is 0. The number of hydrogen-bond donors (Lipinski definition) is 2. The van der Waals surface area contributed by atoms with Crippen LogP contribution in [0.25, 0.3) is 0 Å². The minimum Gasteiger partial charge on any atom is -0.355 e. The van der Waals surface area contributed by atoms with E-state index in [0.29, 0.717) is 19.5 Å². The second-order valence-corrected chi connectivity index (χ2v) is 5.07. The van der Waals surface area contributed by atoms with E-state index in [1.165, 1.54) is 11.1 Å². The summed E-state index contributed by atoms with van der Waals surface area (Å²) in [6.45, 7) is 7.37. The molecule has 0 aromatic heterocycles. The molecule has 0 radical (unpaired) electrons. The van der Waals surface area contributed by atoms with Crippen LogP contribution < -0.4 is 11.1 Å². The molecule has 0 bridgehead atoms. The smallest absolute Gasteiger partial charge is 0.221 e. The van der Waals surface area contributed by atoms with Crippen molar-refractivity contribution in [2.75, 3.05) is 13.1 Å². The highest BCUT2D eigenvalue weighted by Gasteiger charge is 2.21. The number of carbonyl (C=O) groups excluding carboxylic acids is 1. The van der Waals surface area contributed by atoms with Crippen LogP contribution in [0.3, 0.4) is 0 Å². The molecule has 0 unspecified atom stereocenters. The average molecular weight is 234 g/mol. The number of carbonyl (C=O) groups is 1. The Hall–Kier alpha value is -1.35. The topological polar surface area (TPSA) is 55.1 Å². The van der Waals surface area contributed by atoms with E-state index in [9.17, 15) is 4.79 Å². The number of rotatable bonds is 5. The van der Waals surface area contributed by atoms with Crippen molar-refractivity contribution in [3.05, 3.63) is 35.4 Å². The quantitative estimate of drug-likeness (QED) is 0.815. The molecule has 1 amide bonds. The zero-order valence-electron chi connectivity index (χ0n) is 10.9. The molecule has 3 N–H and O–H groups in total. The maximum absolute atomic E-state index is 11.4. The van der Waals surface area contributed by atoms with Crippen molar-refractivity contribution >= 4 is 5.91 Å². The SMILES string of the molecule is Cc1cccc(C(C)(C)CNC(=O)CCN)c1. The summed E-state index contributed by atoms with van der Waals surface area (Å²) in [6, 6.07) is 8.39. The molecular weight excluding hydrogens is 212 g/mol. The summed E-state index contributed by atoms with van der Waals surface area (Å²) in [6.07, 6.45) is 0.393. The van der Waals surface area contributed by atoms with Crippen molar-refractivity contribution < 1.29 is 4.79 Å². The number of benzene rings is 1. The molecule has 0 fully saturated rings. The van der Waals surface area contributed by atoms with E-state index in [-0.39, 0.29) is 11.3 Å². The highest BCUT2D eigenvalue weighted by atomic mass is 16.1. The molecule has 0 atom stereocenters. The average Bonchev–Trinajstić information content (AvgIpc) is 2.27. The molecular formula is C14H22N2O. The Labute approximate surface area is 103 Å². The fraction of sp³-hybridized carbons (Fsp3) is 0.500. The molecule has 94 valence electrons. The van der Waals surface area contributed by atoms with Gasteiger partial charge in [0.05, 0.1) is 0 Å². The maximum atomic E-state index is 11.4. The van der Waals surface area contributed by atoms with Crippen LogP contribution in [0.4, 0.5) is 0 Å². The van der Waals surface area contributed by atoms with E-state index in [4.69, 9.17) is 5.73 Å². The lowest BCUT2D eigenvalue weighted by molar-refractivity contribution is -0.121. The monoisotopic (exact) mass is 234 g/mol. The number of nitrogens with two attached hydrogens (primary N) is 1. The van der Waals surface area contributed by atoms with Gasteiger partial charge >= 0.3 is 0 Å². The number of nitrogens with one attached hydrogen (secondary N) is 1.